The molecule has 0 saturated carbocycles. The van der Waals surface area contributed by atoms with Crippen LogP contribution in [0.1, 0.15) is 17.8 Å². The molecule has 0 amide bonds. The van der Waals surface area contributed by atoms with Gasteiger partial charge in [0, 0.05) is 16.6 Å². The molecule has 2 aromatic rings. The number of nitrogens with one attached hydrogen (secondary N) is 1. The third-order valence-corrected chi connectivity index (χ3v) is 4.30. The average Bonchev–Trinajstić information content (AvgIpc) is 2.75. The number of anilines is 1. The molecule has 2 rings (SSSR count). The van der Waals surface area contributed by atoms with Crippen molar-refractivity contribution < 1.29 is 9.31 Å². The SMILES string of the molecule is CC(Nc1cc(F)cc([N+](=O)[O-])c1)c1ccc(Br)s1. The topological polar surface area (TPSA) is 55.2 Å². The van der Waals surface area contributed by atoms with Crippen molar-refractivity contribution in [3.8, 4) is 0 Å². The van der Waals surface area contributed by atoms with Gasteiger partial charge in [0.2, 0.25) is 0 Å². The van der Waals surface area contributed by atoms with Gasteiger partial charge in [0.1, 0.15) is 5.82 Å². The summed E-state index contributed by atoms with van der Waals surface area (Å²) < 4.78 is 14.3. The molecule has 0 radical (unpaired) electrons. The molecule has 4 nitrogen and oxygen atoms in total. The minimum atomic E-state index is -0.628. The zero-order valence-corrected chi connectivity index (χ0v) is 12.3. The third-order valence-electron chi connectivity index (χ3n) is 2.50. The van der Waals surface area contributed by atoms with Crippen molar-refractivity contribution in [2.45, 2.75) is 13.0 Å². The number of hydrogen-bond acceptors (Lipinski definition) is 4. The van der Waals surface area contributed by atoms with E-state index in [1.807, 2.05) is 19.1 Å². The largest absolute Gasteiger partial charge is 0.377 e. The van der Waals surface area contributed by atoms with Crippen molar-refractivity contribution >= 4 is 38.6 Å². The number of non-ortho nitro benzene ring substituents is 1. The van der Waals surface area contributed by atoms with Crippen molar-refractivity contribution in [1.82, 2.24) is 0 Å². The molecule has 1 aromatic carbocycles. The molecule has 0 aliphatic heterocycles. The maximum atomic E-state index is 13.3. The second-order valence-electron chi connectivity index (χ2n) is 3.96. The normalized spacial score (nSPS) is 12.2. The molecular formula is C12H10BrFN2O2S. The highest BCUT2D eigenvalue weighted by molar-refractivity contribution is 9.11. The van der Waals surface area contributed by atoms with Gasteiger partial charge in [0.25, 0.3) is 5.69 Å². The summed E-state index contributed by atoms with van der Waals surface area (Å²) in [6, 6.07) is 7.27. The van der Waals surface area contributed by atoms with E-state index < -0.39 is 10.7 Å². The van der Waals surface area contributed by atoms with Gasteiger partial charge >= 0.3 is 0 Å². The van der Waals surface area contributed by atoms with Crippen molar-refractivity contribution in [2.24, 2.45) is 0 Å². The summed E-state index contributed by atoms with van der Waals surface area (Å²) >= 11 is 4.93. The van der Waals surface area contributed by atoms with Crippen LogP contribution in [0.15, 0.2) is 34.1 Å². The van der Waals surface area contributed by atoms with Crippen LogP contribution in [0.5, 0.6) is 0 Å². The summed E-state index contributed by atoms with van der Waals surface area (Å²) in [7, 11) is 0. The van der Waals surface area contributed by atoms with E-state index in [0.717, 1.165) is 14.7 Å². The Labute approximate surface area is 121 Å². The molecule has 19 heavy (non-hydrogen) atoms. The monoisotopic (exact) mass is 344 g/mol. The Morgan fingerprint density at radius 3 is 2.74 bits per heavy atom. The van der Waals surface area contributed by atoms with E-state index in [2.05, 4.69) is 21.2 Å². The van der Waals surface area contributed by atoms with Gasteiger partial charge < -0.3 is 5.32 Å². The maximum absolute atomic E-state index is 13.3. The van der Waals surface area contributed by atoms with Crippen LogP contribution in [-0.4, -0.2) is 4.92 Å². The number of hydrogen-bond donors (Lipinski definition) is 1. The summed E-state index contributed by atoms with van der Waals surface area (Å²) in [5, 5.41) is 13.7. The molecule has 0 aliphatic carbocycles. The number of benzene rings is 1. The van der Waals surface area contributed by atoms with Gasteiger partial charge in [-0.25, -0.2) is 4.39 Å². The van der Waals surface area contributed by atoms with Crippen LogP contribution in [0.25, 0.3) is 0 Å². The molecule has 0 spiro atoms. The fourth-order valence-corrected chi connectivity index (χ4v) is 3.07. The second-order valence-corrected chi connectivity index (χ2v) is 6.46. The van der Waals surface area contributed by atoms with Gasteiger partial charge in [0.15, 0.2) is 0 Å². The van der Waals surface area contributed by atoms with Crippen LogP contribution in [-0.2, 0) is 0 Å². The number of rotatable bonds is 4. The van der Waals surface area contributed by atoms with Gasteiger partial charge in [-0.15, -0.1) is 11.3 Å². The molecule has 7 heteroatoms. The van der Waals surface area contributed by atoms with Crippen LogP contribution in [0, 0.1) is 15.9 Å². The van der Waals surface area contributed by atoms with Crippen LogP contribution in [0.3, 0.4) is 0 Å². The van der Waals surface area contributed by atoms with E-state index in [-0.39, 0.29) is 11.7 Å². The Hall–Kier alpha value is -1.47. The molecule has 1 N–H and O–H groups in total. The molecule has 1 aromatic heterocycles. The van der Waals surface area contributed by atoms with Crippen LogP contribution >= 0.6 is 27.3 Å². The van der Waals surface area contributed by atoms with E-state index in [9.17, 15) is 14.5 Å². The molecule has 100 valence electrons. The molecule has 0 fully saturated rings. The Bertz CT molecular complexity index is 618. The number of nitro benzene ring substituents is 1. The summed E-state index contributed by atoms with van der Waals surface area (Å²) in [4.78, 5) is 11.1. The number of thiophene rings is 1. The van der Waals surface area contributed by atoms with Gasteiger partial charge in [-0.05, 0) is 41.1 Å². The predicted octanol–water partition coefficient (Wildman–Crippen LogP) is 4.73. The zero-order valence-electron chi connectivity index (χ0n) is 9.89. The first-order chi connectivity index (χ1) is 8.95. The van der Waals surface area contributed by atoms with Gasteiger partial charge in [-0.2, -0.15) is 0 Å². The van der Waals surface area contributed by atoms with Gasteiger partial charge in [-0.1, -0.05) is 0 Å². The maximum Gasteiger partial charge on any atom is 0.274 e. The summed E-state index contributed by atoms with van der Waals surface area (Å²) in [5.74, 6) is -0.628. The number of nitro groups is 1. The first-order valence-electron chi connectivity index (χ1n) is 5.42. The van der Waals surface area contributed by atoms with Crippen molar-refractivity contribution in [3.63, 3.8) is 0 Å². The Morgan fingerprint density at radius 1 is 1.42 bits per heavy atom. The molecular weight excluding hydrogens is 335 g/mol. The lowest BCUT2D eigenvalue weighted by atomic mass is 10.2. The van der Waals surface area contributed by atoms with Crippen LogP contribution in [0.2, 0.25) is 0 Å². The Morgan fingerprint density at radius 2 is 2.16 bits per heavy atom. The van der Waals surface area contributed by atoms with Gasteiger partial charge in [-0.3, -0.25) is 10.1 Å². The minimum Gasteiger partial charge on any atom is -0.377 e. The highest BCUT2D eigenvalue weighted by Gasteiger charge is 2.13. The third kappa shape index (κ3) is 3.51. The molecule has 0 saturated heterocycles. The lowest BCUT2D eigenvalue weighted by Crippen LogP contribution is -2.05. The average molecular weight is 345 g/mol. The first-order valence-corrected chi connectivity index (χ1v) is 7.03. The van der Waals surface area contributed by atoms with E-state index in [1.54, 1.807) is 11.3 Å². The van der Waals surface area contributed by atoms with E-state index >= 15 is 0 Å². The van der Waals surface area contributed by atoms with Crippen LogP contribution in [0.4, 0.5) is 15.8 Å². The van der Waals surface area contributed by atoms with Gasteiger partial charge in [0.05, 0.1) is 20.8 Å². The lowest BCUT2D eigenvalue weighted by Gasteiger charge is -2.13. The first kappa shape index (κ1) is 14.0. The number of nitrogens with zero attached hydrogens (tertiary/aromatic N) is 1. The Kier molecular flexibility index (Phi) is 4.16. The lowest BCUT2D eigenvalue weighted by molar-refractivity contribution is -0.385. The summed E-state index contributed by atoms with van der Waals surface area (Å²) in [5.41, 5.74) is 0.130. The fourth-order valence-electron chi connectivity index (χ4n) is 1.65. The van der Waals surface area contributed by atoms with Crippen molar-refractivity contribution in [2.75, 3.05) is 5.32 Å². The standard InChI is InChI=1S/C12H10BrFN2O2S/c1-7(11-2-3-12(13)19-11)15-9-4-8(14)5-10(6-9)16(17)18/h2-7,15H,1H3. The Balaban J connectivity index is 2.21. The van der Waals surface area contributed by atoms with Crippen LogP contribution < -0.4 is 5.32 Å². The predicted molar refractivity (Wildman–Crippen MR) is 77.1 cm³/mol. The second kappa shape index (κ2) is 5.66. The van der Waals surface area contributed by atoms with E-state index in [1.165, 1.54) is 12.1 Å². The van der Waals surface area contributed by atoms with Crippen molar-refractivity contribution in [3.05, 3.63) is 54.9 Å². The molecule has 0 aliphatic rings. The number of halogens is 2. The van der Waals surface area contributed by atoms with Crippen molar-refractivity contribution in [1.29, 1.82) is 0 Å². The van der Waals surface area contributed by atoms with E-state index in [0.29, 0.717) is 5.69 Å². The summed E-state index contributed by atoms with van der Waals surface area (Å²) in [6.45, 7) is 1.91. The van der Waals surface area contributed by atoms with E-state index in [4.69, 9.17) is 0 Å². The molecule has 0 bridgehead atoms. The molecule has 1 unspecified atom stereocenters. The molecule has 1 atom stereocenters. The quantitative estimate of drug-likeness (QED) is 0.644. The highest BCUT2D eigenvalue weighted by atomic mass is 79.9. The fraction of sp³-hybridized carbons (Fsp3) is 0.167. The minimum absolute atomic E-state index is 0.0577. The zero-order chi connectivity index (χ0) is 14.0. The smallest absolute Gasteiger partial charge is 0.274 e. The highest BCUT2D eigenvalue weighted by Crippen LogP contribution is 2.30. The molecule has 1 heterocycles. The summed E-state index contributed by atoms with van der Waals surface area (Å²) in [6.07, 6.45) is 0.